The molecule has 8 rings (SSSR count). The number of aromatic nitrogens is 10. The molecule has 8 aromatic rings. The van der Waals surface area contributed by atoms with Crippen molar-refractivity contribution in [1.29, 1.82) is 0 Å². The van der Waals surface area contributed by atoms with Crippen LogP contribution in [0.25, 0.3) is 61.2 Å². The normalized spacial score (nSPS) is 11.3. The number of carbonyl (C=O) groups is 1. The van der Waals surface area contributed by atoms with E-state index in [1.54, 1.807) is 10.6 Å². The fourth-order valence-corrected chi connectivity index (χ4v) is 6.36. The second-order valence-electron chi connectivity index (χ2n) is 13.4. The van der Waals surface area contributed by atoms with Crippen molar-refractivity contribution in [3.8, 4) is 45.0 Å². The van der Waals surface area contributed by atoms with E-state index in [9.17, 15) is 4.79 Å². The zero-order chi connectivity index (χ0) is 37.4. The largest absolute Gasteiger partial charge is 0.364 e. The molecular weight excluding hydrogens is 665 g/mol. The molecule has 264 valence electrons. The van der Waals surface area contributed by atoms with Gasteiger partial charge in [0, 0.05) is 57.3 Å². The van der Waals surface area contributed by atoms with E-state index in [2.05, 4.69) is 72.9 Å². The molecule has 8 heterocycles. The molecule has 0 aliphatic carbocycles. The van der Waals surface area contributed by atoms with Crippen LogP contribution >= 0.6 is 0 Å². The first-order valence-corrected chi connectivity index (χ1v) is 17.2. The van der Waals surface area contributed by atoms with Crippen molar-refractivity contribution >= 4 is 23.0 Å². The summed E-state index contributed by atoms with van der Waals surface area (Å²) in [6, 6.07) is 19.6. The summed E-state index contributed by atoms with van der Waals surface area (Å²) in [5, 5.41) is 15.5. The molecule has 0 fully saturated rings. The summed E-state index contributed by atoms with van der Waals surface area (Å²) in [6.07, 6.45) is 6.90. The summed E-state index contributed by atoms with van der Waals surface area (Å²) in [4.78, 5) is 33.0. The fourth-order valence-electron chi connectivity index (χ4n) is 6.36. The SMILES string of the molecule is Cc1cccc(-c2n[nH]c(C(C)C)c2-c2ccc3ncc(C(N)=O)n3c2)n1.[C-]#[N+]c1cnc2ccc(-c3c(-c4cccc(C)n4)n[nH]c3C(C)C)cn12. The van der Waals surface area contributed by atoms with E-state index in [0.717, 1.165) is 73.5 Å². The first kappa shape index (κ1) is 34.5. The number of pyridine rings is 4. The van der Waals surface area contributed by atoms with Crippen LogP contribution in [0, 0.1) is 20.4 Å². The predicted octanol–water partition coefficient (Wildman–Crippen LogP) is 8.09. The molecule has 0 aromatic carbocycles. The number of nitrogens with zero attached hydrogens (tertiary/aromatic N) is 9. The molecule has 13 heteroatoms. The molecule has 0 radical (unpaired) electrons. The molecule has 4 N–H and O–H groups in total. The van der Waals surface area contributed by atoms with Gasteiger partial charge in [0.1, 0.15) is 22.7 Å². The second-order valence-corrected chi connectivity index (χ2v) is 13.4. The lowest BCUT2D eigenvalue weighted by Gasteiger charge is -2.10. The molecule has 0 atom stereocenters. The minimum atomic E-state index is -0.517. The predicted molar refractivity (Wildman–Crippen MR) is 204 cm³/mol. The number of aromatic amines is 2. The lowest BCUT2D eigenvalue weighted by molar-refractivity contribution is 0.0994. The van der Waals surface area contributed by atoms with Gasteiger partial charge in [-0.2, -0.15) is 10.2 Å². The van der Waals surface area contributed by atoms with Crippen LogP contribution < -0.4 is 5.73 Å². The molecule has 0 bridgehead atoms. The monoisotopic (exact) mass is 702 g/mol. The van der Waals surface area contributed by atoms with Gasteiger partial charge in [-0.05, 0) is 68.1 Å². The van der Waals surface area contributed by atoms with E-state index in [-0.39, 0.29) is 11.8 Å². The third-order valence-corrected chi connectivity index (χ3v) is 8.94. The number of nitrogens with two attached hydrogens (primary N) is 1. The number of rotatable bonds is 7. The van der Waals surface area contributed by atoms with Crippen molar-refractivity contribution in [2.24, 2.45) is 5.73 Å². The average Bonchev–Trinajstić information content (AvgIpc) is 3.95. The Morgan fingerprint density at radius 1 is 0.717 bits per heavy atom. The van der Waals surface area contributed by atoms with Crippen molar-refractivity contribution in [2.45, 2.75) is 53.4 Å². The molecule has 0 saturated carbocycles. The number of H-pyrrole nitrogens is 2. The third-order valence-electron chi connectivity index (χ3n) is 8.94. The maximum absolute atomic E-state index is 11.7. The van der Waals surface area contributed by atoms with Crippen LogP contribution in [0.1, 0.15) is 72.8 Å². The van der Waals surface area contributed by atoms with E-state index in [1.807, 2.05) is 91.3 Å². The van der Waals surface area contributed by atoms with Gasteiger partial charge in [0.25, 0.3) is 11.7 Å². The Morgan fingerprint density at radius 3 is 1.68 bits per heavy atom. The zero-order valence-corrected chi connectivity index (χ0v) is 30.2. The quantitative estimate of drug-likeness (QED) is 0.141. The molecule has 0 aliphatic heterocycles. The highest BCUT2D eigenvalue weighted by Crippen LogP contribution is 2.37. The van der Waals surface area contributed by atoms with Crippen LogP contribution in [0.15, 0.2) is 85.5 Å². The van der Waals surface area contributed by atoms with Crippen LogP contribution in [0.3, 0.4) is 0 Å². The van der Waals surface area contributed by atoms with Crippen LogP contribution in [-0.4, -0.2) is 55.0 Å². The number of hydrogen-bond donors (Lipinski definition) is 3. The highest BCUT2D eigenvalue weighted by Gasteiger charge is 2.23. The van der Waals surface area contributed by atoms with E-state index in [0.29, 0.717) is 17.2 Å². The maximum atomic E-state index is 11.7. The topological polar surface area (TPSA) is 165 Å². The maximum Gasteiger partial charge on any atom is 0.267 e. The minimum absolute atomic E-state index is 0.236. The van der Waals surface area contributed by atoms with Gasteiger partial charge in [-0.1, -0.05) is 46.4 Å². The number of nitrogens with one attached hydrogen (secondary N) is 2. The zero-order valence-electron chi connectivity index (χ0n) is 30.2. The van der Waals surface area contributed by atoms with Gasteiger partial charge >= 0.3 is 0 Å². The molecule has 13 nitrogen and oxygen atoms in total. The summed E-state index contributed by atoms with van der Waals surface area (Å²) in [5.74, 6) is 0.484. The van der Waals surface area contributed by atoms with E-state index in [4.69, 9.17) is 12.3 Å². The Kier molecular flexibility index (Phi) is 9.11. The fraction of sp³-hybridized carbons (Fsp3) is 0.200. The van der Waals surface area contributed by atoms with Gasteiger partial charge in [0.15, 0.2) is 0 Å². The molecule has 53 heavy (non-hydrogen) atoms. The number of fused-ring (bicyclic) bond motifs is 2. The van der Waals surface area contributed by atoms with Crippen LogP contribution in [0.5, 0.6) is 0 Å². The average molecular weight is 703 g/mol. The molecule has 1 amide bonds. The van der Waals surface area contributed by atoms with Gasteiger partial charge in [-0.25, -0.2) is 14.4 Å². The Hall–Kier alpha value is -6.94. The molecule has 0 aliphatic rings. The van der Waals surface area contributed by atoms with Crippen molar-refractivity contribution in [2.75, 3.05) is 0 Å². The van der Waals surface area contributed by atoms with Crippen LogP contribution in [0.4, 0.5) is 5.82 Å². The van der Waals surface area contributed by atoms with Crippen molar-refractivity contribution in [3.05, 3.63) is 125 Å². The highest BCUT2D eigenvalue weighted by atomic mass is 16.1. The molecule has 0 spiro atoms. The van der Waals surface area contributed by atoms with E-state index >= 15 is 0 Å². The van der Waals surface area contributed by atoms with Crippen molar-refractivity contribution in [3.63, 3.8) is 0 Å². The Morgan fingerprint density at radius 2 is 1.21 bits per heavy atom. The summed E-state index contributed by atoms with van der Waals surface area (Å²) in [6.45, 7) is 19.7. The first-order valence-electron chi connectivity index (χ1n) is 17.2. The molecule has 8 aromatic heterocycles. The Balaban J connectivity index is 0.000000164. The smallest absolute Gasteiger partial charge is 0.267 e. The van der Waals surface area contributed by atoms with Gasteiger partial charge in [0.05, 0.1) is 30.0 Å². The van der Waals surface area contributed by atoms with Crippen LogP contribution in [-0.2, 0) is 0 Å². The number of primary amides is 1. The standard InChI is InChI=1S/C20H20N6O.C20H18N6/c1-11(2)18-17(19(25-24-18)14-6-4-5-12(3)23-14)13-7-8-16-22-9-15(20(21)27)26(16)10-13;1-12(2)19-18(20(25-24-19)15-7-5-6-13(3)23-15)14-8-9-16-22-10-17(21-4)26(16)11-14/h4-11H,1-3H3,(H2,21,27)(H,24,25);5-12H,1-3H3,(H,24,25). The summed E-state index contributed by atoms with van der Waals surface area (Å²) < 4.78 is 3.52. The first-order chi connectivity index (χ1) is 25.5. The second kappa shape index (κ2) is 14.0. The Labute approximate surface area is 305 Å². The van der Waals surface area contributed by atoms with Crippen molar-refractivity contribution < 1.29 is 4.79 Å². The highest BCUT2D eigenvalue weighted by molar-refractivity contribution is 5.92. The summed E-state index contributed by atoms with van der Waals surface area (Å²) in [5.41, 5.74) is 18.3. The number of imidazole rings is 2. The Bertz CT molecular complexity index is 2670. The molecule has 0 unspecified atom stereocenters. The van der Waals surface area contributed by atoms with E-state index < -0.39 is 5.91 Å². The number of amides is 1. The van der Waals surface area contributed by atoms with Gasteiger partial charge in [-0.15, -0.1) is 0 Å². The number of hydrogen-bond acceptors (Lipinski definition) is 7. The van der Waals surface area contributed by atoms with Gasteiger partial charge in [-0.3, -0.25) is 29.4 Å². The number of aryl methyl sites for hydroxylation is 2. The molecule has 0 saturated heterocycles. The van der Waals surface area contributed by atoms with Crippen LogP contribution in [0.2, 0.25) is 0 Å². The summed E-state index contributed by atoms with van der Waals surface area (Å²) in [7, 11) is 0. The lowest BCUT2D eigenvalue weighted by Crippen LogP contribution is -2.13. The lowest BCUT2D eigenvalue weighted by atomic mass is 9.97. The van der Waals surface area contributed by atoms with Crippen molar-refractivity contribution in [1.82, 2.24) is 49.1 Å². The van der Waals surface area contributed by atoms with Gasteiger partial charge < -0.3 is 10.6 Å². The summed E-state index contributed by atoms with van der Waals surface area (Å²) >= 11 is 0. The minimum Gasteiger partial charge on any atom is -0.364 e. The molecular formula is C40H38N12O. The van der Waals surface area contributed by atoms with Gasteiger partial charge in [0.2, 0.25) is 5.65 Å². The van der Waals surface area contributed by atoms with E-state index in [1.165, 1.54) is 6.20 Å². The third kappa shape index (κ3) is 6.54. The number of carbonyl (C=O) groups excluding carboxylic acids is 1.